The van der Waals surface area contributed by atoms with Gasteiger partial charge in [0.15, 0.2) is 5.82 Å². The lowest BCUT2D eigenvalue weighted by Gasteiger charge is -2.09. The number of hydrogen-bond donors (Lipinski definition) is 0. The fourth-order valence-corrected chi connectivity index (χ4v) is 3.19. The summed E-state index contributed by atoms with van der Waals surface area (Å²) < 4.78 is 0.916. The molecule has 0 bridgehead atoms. The zero-order valence-electron chi connectivity index (χ0n) is 12.0. The molecule has 2 nitrogen and oxygen atoms in total. The summed E-state index contributed by atoms with van der Waals surface area (Å²) in [6.45, 7) is 6.21. The third-order valence-electron chi connectivity index (χ3n) is 3.72. The number of fused-ring (bicyclic) bond motifs is 1. The number of benzene rings is 2. The molecular weight excluding hydrogens is 348 g/mol. The van der Waals surface area contributed by atoms with Crippen LogP contribution in [0.25, 0.3) is 22.3 Å². The quantitative estimate of drug-likeness (QED) is 0.524. The van der Waals surface area contributed by atoms with Crippen LogP contribution >= 0.6 is 27.5 Å². The summed E-state index contributed by atoms with van der Waals surface area (Å²) in [7, 11) is 0. The standard InChI is InChI=1S/C17H14BrClN2/c1-9-4-6-12(8-11(9)3)17-20-15-10(2)5-7-13(18)14(15)16(19)21-17/h4-8H,1-3H3. The van der Waals surface area contributed by atoms with Crippen molar-refractivity contribution in [2.45, 2.75) is 20.8 Å². The summed E-state index contributed by atoms with van der Waals surface area (Å²) in [5.74, 6) is 0.664. The van der Waals surface area contributed by atoms with Crippen molar-refractivity contribution >= 4 is 38.4 Å². The summed E-state index contributed by atoms with van der Waals surface area (Å²) in [6, 6.07) is 10.2. The summed E-state index contributed by atoms with van der Waals surface area (Å²) in [6.07, 6.45) is 0. The Labute approximate surface area is 137 Å². The first-order valence-corrected chi connectivity index (χ1v) is 7.84. The van der Waals surface area contributed by atoms with Crippen molar-refractivity contribution in [3.05, 3.63) is 56.6 Å². The largest absolute Gasteiger partial charge is 0.228 e. The Morgan fingerprint density at radius 3 is 2.33 bits per heavy atom. The van der Waals surface area contributed by atoms with Crippen molar-refractivity contribution in [1.82, 2.24) is 9.97 Å². The minimum atomic E-state index is 0.476. The highest BCUT2D eigenvalue weighted by Gasteiger charge is 2.12. The fourth-order valence-electron chi connectivity index (χ4n) is 2.30. The van der Waals surface area contributed by atoms with Gasteiger partial charge in [-0.2, -0.15) is 0 Å². The van der Waals surface area contributed by atoms with E-state index in [4.69, 9.17) is 16.6 Å². The first-order valence-electron chi connectivity index (χ1n) is 6.67. The van der Waals surface area contributed by atoms with Crippen molar-refractivity contribution in [2.24, 2.45) is 0 Å². The SMILES string of the molecule is Cc1ccc(-c2nc(Cl)c3c(Br)ccc(C)c3n2)cc1C. The average Bonchev–Trinajstić information content (AvgIpc) is 2.45. The molecule has 3 rings (SSSR count). The molecule has 0 aliphatic rings. The van der Waals surface area contributed by atoms with Crippen molar-refractivity contribution in [3.8, 4) is 11.4 Å². The van der Waals surface area contributed by atoms with E-state index in [0.717, 1.165) is 26.5 Å². The van der Waals surface area contributed by atoms with E-state index in [2.05, 4.69) is 46.9 Å². The van der Waals surface area contributed by atoms with Gasteiger partial charge < -0.3 is 0 Å². The molecule has 106 valence electrons. The molecule has 21 heavy (non-hydrogen) atoms. The van der Waals surface area contributed by atoms with Gasteiger partial charge >= 0.3 is 0 Å². The molecule has 0 unspecified atom stereocenters. The predicted molar refractivity (Wildman–Crippen MR) is 91.9 cm³/mol. The Kier molecular flexibility index (Phi) is 3.72. The Morgan fingerprint density at radius 2 is 1.62 bits per heavy atom. The van der Waals surface area contributed by atoms with E-state index < -0.39 is 0 Å². The second-order valence-electron chi connectivity index (χ2n) is 5.22. The maximum Gasteiger partial charge on any atom is 0.161 e. The Bertz CT molecular complexity index is 859. The van der Waals surface area contributed by atoms with E-state index in [0.29, 0.717) is 11.0 Å². The molecule has 0 atom stereocenters. The molecule has 0 fully saturated rings. The third-order valence-corrected chi connectivity index (χ3v) is 4.66. The van der Waals surface area contributed by atoms with Crippen molar-refractivity contribution in [2.75, 3.05) is 0 Å². The molecule has 4 heteroatoms. The van der Waals surface area contributed by atoms with Gasteiger partial charge in [-0.25, -0.2) is 9.97 Å². The summed E-state index contributed by atoms with van der Waals surface area (Å²) in [4.78, 5) is 9.18. The monoisotopic (exact) mass is 360 g/mol. The van der Waals surface area contributed by atoms with Gasteiger partial charge in [-0.3, -0.25) is 0 Å². The molecule has 0 aliphatic heterocycles. The average molecular weight is 362 g/mol. The van der Waals surface area contributed by atoms with Crippen LogP contribution in [0.3, 0.4) is 0 Å². The van der Waals surface area contributed by atoms with Gasteiger partial charge in [0, 0.05) is 10.0 Å². The van der Waals surface area contributed by atoms with Crippen LogP contribution in [-0.4, -0.2) is 9.97 Å². The molecule has 1 aromatic heterocycles. The van der Waals surface area contributed by atoms with E-state index in [-0.39, 0.29) is 0 Å². The maximum absolute atomic E-state index is 6.38. The zero-order chi connectivity index (χ0) is 15.1. The van der Waals surface area contributed by atoms with E-state index in [9.17, 15) is 0 Å². The van der Waals surface area contributed by atoms with Crippen LogP contribution in [0.2, 0.25) is 5.15 Å². The molecular formula is C17H14BrClN2. The van der Waals surface area contributed by atoms with Crippen molar-refractivity contribution < 1.29 is 0 Å². The van der Waals surface area contributed by atoms with Gasteiger partial charge in [0.2, 0.25) is 0 Å². The predicted octanol–water partition coefficient (Wildman–Crippen LogP) is 5.64. The number of nitrogens with zero attached hydrogens (tertiary/aromatic N) is 2. The summed E-state index contributed by atoms with van der Waals surface area (Å²) in [5.41, 5.74) is 5.43. The second kappa shape index (κ2) is 5.39. The molecule has 0 radical (unpaired) electrons. The summed E-state index contributed by atoms with van der Waals surface area (Å²) >= 11 is 9.90. The van der Waals surface area contributed by atoms with Crippen LogP contribution in [0.5, 0.6) is 0 Å². The molecule has 0 saturated heterocycles. The highest BCUT2D eigenvalue weighted by Crippen LogP contribution is 2.32. The Balaban J connectivity index is 2.30. The third kappa shape index (κ3) is 2.56. The Morgan fingerprint density at radius 1 is 0.905 bits per heavy atom. The minimum Gasteiger partial charge on any atom is -0.228 e. The van der Waals surface area contributed by atoms with Crippen LogP contribution in [0.15, 0.2) is 34.8 Å². The molecule has 0 spiro atoms. The van der Waals surface area contributed by atoms with Crippen LogP contribution in [0.4, 0.5) is 0 Å². The zero-order valence-corrected chi connectivity index (χ0v) is 14.4. The molecule has 0 aliphatic carbocycles. The lowest BCUT2D eigenvalue weighted by Crippen LogP contribution is -1.95. The number of rotatable bonds is 1. The molecule has 0 saturated carbocycles. The lowest BCUT2D eigenvalue weighted by molar-refractivity contribution is 1.21. The van der Waals surface area contributed by atoms with Crippen LogP contribution < -0.4 is 0 Å². The van der Waals surface area contributed by atoms with E-state index >= 15 is 0 Å². The van der Waals surface area contributed by atoms with Gasteiger partial charge in [0.05, 0.1) is 10.9 Å². The van der Waals surface area contributed by atoms with Crippen LogP contribution in [0, 0.1) is 20.8 Å². The van der Waals surface area contributed by atoms with Gasteiger partial charge in [-0.05, 0) is 65.5 Å². The first kappa shape index (κ1) is 14.5. The number of aromatic nitrogens is 2. The highest BCUT2D eigenvalue weighted by atomic mass is 79.9. The van der Waals surface area contributed by atoms with Crippen LogP contribution in [-0.2, 0) is 0 Å². The lowest BCUT2D eigenvalue weighted by atomic mass is 10.1. The van der Waals surface area contributed by atoms with Crippen molar-refractivity contribution in [1.29, 1.82) is 0 Å². The summed E-state index contributed by atoms with van der Waals surface area (Å²) in [5, 5.41) is 1.34. The molecule has 0 N–H and O–H groups in total. The minimum absolute atomic E-state index is 0.476. The topological polar surface area (TPSA) is 25.8 Å². The fraction of sp³-hybridized carbons (Fsp3) is 0.176. The van der Waals surface area contributed by atoms with E-state index in [1.54, 1.807) is 0 Å². The molecule has 3 aromatic rings. The van der Waals surface area contributed by atoms with Gasteiger partial charge in [-0.15, -0.1) is 0 Å². The van der Waals surface area contributed by atoms with Crippen LogP contribution in [0.1, 0.15) is 16.7 Å². The van der Waals surface area contributed by atoms with Gasteiger partial charge in [0.1, 0.15) is 5.15 Å². The number of hydrogen-bond acceptors (Lipinski definition) is 2. The maximum atomic E-state index is 6.38. The first-order chi connectivity index (χ1) is 9.97. The normalized spacial score (nSPS) is 11.1. The highest BCUT2D eigenvalue weighted by molar-refractivity contribution is 9.10. The number of aryl methyl sites for hydroxylation is 3. The second-order valence-corrected chi connectivity index (χ2v) is 6.44. The molecule has 0 amide bonds. The van der Waals surface area contributed by atoms with Gasteiger partial charge in [-0.1, -0.05) is 29.8 Å². The number of halogens is 2. The Hall–Kier alpha value is -1.45. The molecule has 2 aromatic carbocycles. The smallest absolute Gasteiger partial charge is 0.161 e. The van der Waals surface area contributed by atoms with E-state index in [1.165, 1.54) is 11.1 Å². The van der Waals surface area contributed by atoms with Crippen molar-refractivity contribution in [3.63, 3.8) is 0 Å². The van der Waals surface area contributed by atoms with Gasteiger partial charge in [0.25, 0.3) is 0 Å². The molecule has 1 heterocycles. The van der Waals surface area contributed by atoms with E-state index in [1.807, 2.05) is 25.1 Å².